The molecule has 2 aromatic rings. The Kier molecular flexibility index (Phi) is 3.74. The zero-order valence-electron chi connectivity index (χ0n) is 12.4. The molecule has 1 aliphatic heterocycles. The summed E-state index contributed by atoms with van der Waals surface area (Å²) in [6, 6.07) is 1.77. The zero-order valence-corrected chi connectivity index (χ0v) is 13.2. The minimum absolute atomic E-state index is 0.0305. The molecule has 1 fully saturated rings. The molecule has 2 N–H and O–H groups in total. The van der Waals surface area contributed by atoms with E-state index in [4.69, 9.17) is 5.11 Å². The van der Waals surface area contributed by atoms with Crippen LogP contribution in [0.15, 0.2) is 17.6 Å². The molecule has 22 heavy (non-hydrogen) atoms. The number of thiazole rings is 1. The molecule has 0 unspecified atom stereocenters. The number of likely N-dealkylation sites (tertiary alicyclic amines) is 1. The third kappa shape index (κ3) is 2.64. The largest absolute Gasteiger partial charge is 0.481 e. The molecule has 0 aromatic carbocycles. The van der Waals surface area contributed by atoms with Gasteiger partial charge in [0, 0.05) is 30.2 Å². The van der Waals surface area contributed by atoms with Crippen molar-refractivity contribution in [3.8, 4) is 11.3 Å². The molecule has 0 spiro atoms. The summed E-state index contributed by atoms with van der Waals surface area (Å²) in [5.41, 5.74) is 2.18. The highest BCUT2D eigenvalue weighted by atomic mass is 32.1. The third-order valence-corrected chi connectivity index (χ3v) is 4.82. The zero-order chi connectivity index (χ0) is 15.9. The number of nitrogens with zero attached hydrogens (tertiary/aromatic N) is 2. The summed E-state index contributed by atoms with van der Waals surface area (Å²) >= 11 is 1.56. The van der Waals surface area contributed by atoms with E-state index in [1.807, 2.05) is 19.2 Å². The second-order valence-electron chi connectivity index (χ2n) is 5.69. The number of nitrogens with one attached hydrogen (secondary N) is 1. The molecule has 7 heteroatoms. The highest BCUT2D eigenvalue weighted by Gasteiger charge is 2.37. The van der Waals surface area contributed by atoms with Crippen molar-refractivity contribution in [2.45, 2.75) is 13.8 Å². The number of hydrogen-bond donors (Lipinski definition) is 2. The topological polar surface area (TPSA) is 86.3 Å². The number of aliphatic carboxylic acids is 1. The summed E-state index contributed by atoms with van der Waals surface area (Å²) in [7, 11) is 0. The Morgan fingerprint density at radius 2 is 2.23 bits per heavy atom. The van der Waals surface area contributed by atoms with Gasteiger partial charge in [-0.2, -0.15) is 0 Å². The molecule has 3 rings (SSSR count). The van der Waals surface area contributed by atoms with E-state index in [9.17, 15) is 9.59 Å². The summed E-state index contributed by atoms with van der Waals surface area (Å²) in [5.74, 6) is -1.52. The molecule has 1 amide bonds. The minimum Gasteiger partial charge on any atom is -0.481 e. The highest BCUT2D eigenvalue weighted by molar-refractivity contribution is 7.09. The van der Waals surface area contributed by atoms with Crippen LogP contribution in [-0.4, -0.2) is 44.9 Å². The molecule has 0 bridgehead atoms. The van der Waals surface area contributed by atoms with Crippen LogP contribution in [0.3, 0.4) is 0 Å². The average Bonchev–Trinajstić information content (AvgIpc) is 3.16. The van der Waals surface area contributed by atoms with Gasteiger partial charge in [0.1, 0.15) is 5.69 Å². The van der Waals surface area contributed by atoms with E-state index < -0.39 is 11.9 Å². The van der Waals surface area contributed by atoms with E-state index in [0.717, 1.165) is 16.3 Å². The van der Waals surface area contributed by atoms with Gasteiger partial charge in [0.15, 0.2) is 0 Å². The highest BCUT2D eigenvalue weighted by Crippen LogP contribution is 2.26. The molecule has 1 saturated heterocycles. The number of carbonyl (C=O) groups is 2. The number of aromatic nitrogens is 2. The smallest absolute Gasteiger partial charge is 0.308 e. The Hall–Kier alpha value is -2.15. The Labute approximate surface area is 131 Å². The quantitative estimate of drug-likeness (QED) is 0.908. The number of aryl methyl sites for hydroxylation is 1. The van der Waals surface area contributed by atoms with Crippen molar-refractivity contribution in [1.29, 1.82) is 0 Å². The number of aromatic amines is 1. The van der Waals surface area contributed by atoms with Crippen molar-refractivity contribution >= 4 is 23.2 Å². The summed E-state index contributed by atoms with van der Waals surface area (Å²) < 4.78 is 0. The summed E-state index contributed by atoms with van der Waals surface area (Å²) in [6.45, 7) is 4.54. The van der Waals surface area contributed by atoms with Crippen molar-refractivity contribution in [3.05, 3.63) is 28.3 Å². The molecule has 0 saturated carbocycles. The number of H-pyrrole nitrogens is 1. The van der Waals surface area contributed by atoms with Crippen LogP contribution in [0.1, 0.15) is 22.4 Å². The van der Waals surface area contributed by atoms with Crippen molar-refractivity contribution in [2.75, 3.05) is 13.1 Å². The summed E-state index contributed by atoms with van der Waals surface area (Å²) in [6.07, 6.45) is 1.76. The van der Waals surface area contributed by atoms with Gasteiger partial charge in [-0.1, -0.05) is 6.92 Å². The van der Waals surface area contributed by atoms with Crippen LogP contribution >= 0.6 is 11.3 Å². The molecule has 3 heterocycles. The van der Waals surface area contributed by atoms with E-state index in [2.05, 4.69) is 9.97 Å². The van der Waals surface area contributed by atoms with Gasteiger partial charge in [0.25, 0.3) is 5.91 Å². The van der Waals surface area contributed by atoms with Crippen molar-refractivity contribution < 1.29 is 14.7 Å². The standard InChI is InChI=1S/C15H17N3O3S/c1-8-5-18(6-11(8)15(20)21)14(19)12-3-10(4-16-12)13-7-22-9(2)17-13/h3-4,7-8,11,16H,5-6H2,1-2H3,(H,20,21)/t8-,11-/m1/s1. The fraction of sp³-hybridized carbons (Fsp3) is 0.400. The monoisotopic (exact) mass is 319 g/mol. The normalized spacial score (nSPS) is 21.3. The first-order valence-corrected chi connectivity index (χ1v) is 7.96. The third-order valence-electron chi connectivity index (χ3n) is 4.04. The van der Waals surface area contributed by atoms with E-state index in [1.54, 1.807) is 28.5 Å². The molecule has 116 valence electrons. The van der Waals surface area contributed by atoms with Crippen LogP contribution in [-0.2, 0) is 4.79 Å². The predicted octanol–water partition coefficient (Wildman–Crippen LogP) is 2.24. The first kappa shape index (κ1) is 14.8. The molecule has 6 nitrogen and oxygen atoms in total. The number of carbonyl (C=O) groups excluding carboxylic acids is 1. The maximum absolute atomic E-state index is 12.5. The number of carboxylic acids is 1. The number of rotatable bonds is 3. The lowest BCUT2D eigenvalue weighted by Crippen LogP contribution is -2.30. The van der Waals surface area contributed by atoms with Crippen LogP contribution in [0.2, 0.25) is 0 Å². The van der Waals surface area contributed by atoms with Crippen molar-refractivity contribution in [2.24, 2.45) is 11.8 Å². The second kappa shape index (κ2) is 5.57. The first-order valence-electron chi connectivity index (χ1n) is 7.08. The van der Waals surface area contributed by atoms with Crippen LogP contribution in [0.4, 0.5) is 0 Å². The van der Waals surface area contributed by atoms with Crippen LogP contribution in [0, 0.1) is 18.8 Å². The van der Waals surface area contributed by atoms with Gasteiger partial charge in [0.05, 0.1) is 16.6 Å². The second-order valence-corrected chi connectivity index (χ2v) is 6.75. The molecule has 1 aliphatic rings. The number of carboxylic acid groups (broad SMARTS) is 1. The SMILES string of the molecule is Cc1nc(-c2c[nH]c(C(=O)N3C[C@@H](C)[C@H](C(=O)O)C3)c2)cs1. The molecule has 0 radical (unpaired) electrons. The van der Waals surface area contributed by atoms with Gasteiger partial charge in [-0.15, -0.1) is 11.3 Å². The van der Waals surface area contributed by atoms with Gasteiger partial charge in [0.2, 0.25) is 0 Å². The van der Waals surface area contributed by atoms with Crippen molar-refractivity contribution in [3.63, 3.8) is 0 Å². The van der Waals surface area contributed by atoms with E-state index in [1.165, 1.54) is 0 Å². The van der Waals surface area contributed by atoms with E-state index in [-0.39, 0.29) is 18.4 Å². The van der Waals surface area contributed by atoms with Gasteiger partial charge in [-0.25, -0.2) is 4.98 Å². The van der Waals surface area contributed by atoms with Crippen LogP contribution in [0.5, 0.6) is 0 Å². The van der Waals surface area contributed by atoms with E-state index >= 15 is 0 Å². The van der Waals surface area contributed by atoms with Gasteiger partial charge < -0.3 is 15.0 Å². The number of hydrogen-bond acceptors (Lipinski definition) is 4. The van der Waals surface area contributed by atoms with Crippen LogP contribution < -0.4 is 0 Å². The first-order chi connectivity index (χ1) is 10.5. The molecular formula is C15H17N3O3S. The Morgan fingerprint density at radius 1 is 1.45 bits per heavy atom. The maximum atomic E-state index is 12.5. The Balaban J connectivity index is 1.76. The lowest BCUT2D eigenvalue weighted by molar-refractivity contribution is -0.142. The fourth-order valence-corrected chi connectivity index (χ4v) is 3.41. The summed E-state index contributed by atoms with van der Waals surface area (Å²) in [4.78, 5) is 32.6. The van der Waals surface area contributed by atoms with Crippen molar-refractivity contribution in [1.82, 2.24) is 14.9 Å². The number of amides is 1. The predicted molar refractivity (Wildman–Crippen MR) is 82.8 cm³/mol. The summed E-state index contributed by atoms with van der Waals surface area (Å²) in [5, 5.41) is 12.1. The van der Waals surface area contributed by atoms with Gasteiger partial charge in [-0.3, -0.25) is 9.59 Å². The van der Waals surface area contributed by atoms with Gasteiger partial charge >= 0.3 is 5.97 Å². The Bertz CT molecular complexity index is 721. The van der Waals surface area contributed by atoms with E-state index in [0.29, 0.717) is 12.2 Å². The fourth-order valence-electron chi connectivity index (χ4n) is 2.79. The molecule has 2 aromatic heterocycles. The maximum Gasteiger partial charge on any atom is 0.308 e. The molecular weight excluding hydrogens is 302 g/mol. The average molecular weight is 319 g/mol. The molecule has 0 aliphatic carbocycles. The minimum atomic E-state index is -0.840. The lowest BCUT2D eigenvalue weighted by atomic mass is 9.99. The molecule has 2 atom stereocenters. The van der Waals surface area contributed by atoms with Crippen LogP contribution in [0.25, 0.3) is 11.3 Å². The Morgan fingerprint density at radius 3 is 2.82 bits per heavy atom. The lowest BCUT2D eigenvalue weighted by Gasteiger charge is -2.14. The van der Waals surface area contributed by atoms with Gasteiger partial charge in [-0.05, 0) is 18.9 Å².